The molecule has 12 nitrogen and oxygen atoms in total. The number of anilines is 2. The molecule has 0 radical (unpaired) electrons. The molecule has 3 aromatic carbocycles. The Morgan fingerprint density at radius 1 is 1.00 bits per heavy atom. The monoisotopic (exact) mass is 660 g/mol. The Balaban J connectivity index is 1.18. The van der Waals surface area contributed by atoms with Crippen LogP contribution in [0, 0.1) is 11.6 Å². The molecule has 48 heavy (non-hydrogen) atoms. The van der Waals surface area contributed by atoms with Crippen molar-refractivity contribution in [2.75, 3.05) is 57.6 Å². The van der Waals surface area contributed by atoms with Gasteiger partial charge in [0.05, 0.1) is 26.2 Å². The second-order valence-electron chi connectivity index (χ2n) is 11.5. The number of hydrogen-bond acceptors (Lipinski definition) is 10. The highest BCUT2D eigenvalue weighted by Crippen LogP contribution is 2.38. The smallest absolute Gasteiger partial charge is 0.417 e. The third kappa shape index (κ3) is 6.37. The summed E-state index contributed by atoms with van der Waals surface area (Å²) in [6.07, 6.45) is -0.648. The Labute approximate surface area is 275 Å². The van der Waals surface area contributed by atoms with Gasteiger partial charge in [-0.05, 0) is 35.7 Å². The predicted molar refractivity (Wildman–Crippen MR) is 172 cm³/mol. The Kier molecular flexibility index (Phi) is 9.24. The molecule has 2 aliphatic rings. The zero-order chi connectivity index (χ0) is 33.9. The number of halogens is 2. The highest BCUT2D eigenvalue weighted by Gasteiger charge is 2.42. The minimum absolute atomic E-state index is 0.0249. The second-order valence-corrected chi connectivity index (χ2v) is 11.5. The van der Waals surface area contributed by atoms with Gasteiger partial charge in [0.2, 0.25) is 17.8 Å². The normalized spacial score (nSPS) is 17.0. The van der Waals surface area contributed by atoms with Crippen LogP contribution in [0.15, 0.2) is 60.7 Å². The molecule has 3 amide bonds. The molecule has 250 valence electrons. The highest BCUT2D eigenvalue weighted by molar-refractivity contribution is 5.99. The van der Waals surface area contributed by atoms with Gasteiger partial charge in [0.1, 0.15) is 23.8 Å². The van der Waals surface area contributed by atoms with Crippen molar-refractivity contribution in [3.63, 3.8) is 0 Å². The fourth-order valence-corrected chi connectivity index (χ4v) is 6.12. The summed E-state index contributed by atoms with van der Waals surface area (Å²) in [4.78, 5) is 53.8. The molecule has 2 fully saturated rings. The van der Waals surface area contributed by atoms with E-state index >= 15 is 4.39 Å². The quantitative estimate of drug-likeness (QED) is 0.281. The molecule has 0 unspecified atom stereocenters. The lowest BCUT2D eigenvalue weighted by atomic mass is 9.92. The molecule has 0 saturated carbocycles. The van der Waals surface area contributed by atoms with Gasteiger partial charge in [0.25, 0.3) is 0 Å². The van der Waals surface area contributed by atoms with Crippen LogP contribution in [-0.4, -0.2) is 90.7 Å². The van der Waals surface area contributed by atoms with E-state index < -0.39 is 35.6 Å². The molecule has 2 saturated heterocycles. The standard InChI is InChI=1S/C34H34F2N6O6/c1-46-26-17-25-29(28(36)30(26)47-2)38-33(39-31(25)37)41-14-12-40(13-15-41)27(43)18-24(21-8-10-22(35)11-9-21)32(44)42-23(19-48-34(42)45)16-20-6-4-3-5-7-20/h3-11,17,23-24H,12-16,18-19H2,1-2H3,(H2,37,38,39)/t23-,24-/m1/s1. The van der Waals surface area contributed by atoms with E-state index in [-0.39, 0.29) is 66.2 Å². The number of carbonyl (C=O) groups is 3. The number of amides is 3. The Hall–Kier alpha value is -5.53. The summed E-state index contributed by atoms with van der Waals surface area (Å²) >= 11 is 0. The number of carbonyl (C=O) groups excluding carboxylic acids is 3. The van der Waals surface area contributed by atoms with E-state index in [0.717, 1.165) is 10.5 Å². The van der Waals surface area contributed by atoms with Crippen molar-refractivity contribution in [2.24, 2.45) is 0 Å². The molecule has 14 heteroatoms. The topological polar surface area (TPSA) is 140 Å². The lowest BCUT2D eigenvalue weighted by Crippen LogP contribution is -2.50. The molecule has 0 bridgehead atoms. The lowest BCUT2D eigenvalue weighted by Gasteiger charge is -2.35. The van der Waals surface area contributed by atoms with Crippen molar-refractivity contribution in [3.05, 3.63) is 83.4 Å². The minimum Gasteiger partial charge on any atom is -0.493 e. The van der Waals surface area contributed by atoms with E-state index in [1.165, 1.54) is 44.6 Å². The number of cyclic esters (lactones) is 1. The average Bonchev–Trinajstić information content (AvgIpc) is 3.46. The number of nitrogens with two attached hydrogens (primary N) is 1. The van der Waals surface area contributed by atoms with Crippen LogP contribution >= 0.6 is 0 Å². The largest absolute Gasteiger partial charge is 0.493 e. The third-order valence-corrected chi connectivity index (χ3v) is 8.67. The molecule has 0 aliphatic carbocycles. The maximum absolute atomic E-state index is 15.3. The van der Waals surface area contributed by atoms with Crippen LogP contribution in [0.1, 0.15) is 23.5 Å². The number of nitrogen functional groups attached to an aromatic ring is 1. The van der Waals surface area contributed by atoms with Gasteiger partial charge in [-0.2, -0.15) is 4.98 Å². The van der Waals surface area contributed by atoms with Crippen LogP contribution in [0.25, 0.3) is 10.9 Å². The molecule has 6 rings (SSSR count). The lowest BCUT2D eigenvalue weighted by molar-refractivity contribution is -0.137. The first-order chi connectivity index (χ1) is 23.2. The number of ether oxygens (including phenoxy) is 3. The van der Waals surface area contributed by atoms with E-state index in [1.807, 2.05) is 30.3 Å². The Bertz CT molecular complexity index is 1840. The van der Waals surface area contributed by atoms with E-state index in [1.54, 1.807) is 9.80 Å². The maximum Gasteiger partial charge on any atom is 0.417 e. The van der Waals surface area contributed by atoms with E-state index in [9.17, 15) is 18.8 Å². The molecule has 4 aromatic rings. The van der Waals surface area contributed by atoms with Gasteiger partial charge < -0.3 is 29.7 Å². The first-order valence-electron chi connectivity index (χ1n) is 15.4. The Morgan fingerprint density at radius 3 is 2.38 bits per heavy atom. The summed E-state index contributed by atoms with van der Waals surface area (Å²) in [7, 11) is 2.71. The molecular formula is C34H34F2N6O6. The zero-order valence-electron chi connectivity index (χ0n) is 26.4. The average molecular weight is 661 g/mol. The van der Waals surface area contributed by atoms with Crippen molar-refractivity contribution in [2.45, 2.75) is 24.8 Å². The van der Waals surface area contributed by atoms with Crippen LogP contribution < -0.4 is 20.1 Å². The molecule has 2 aliphatic heterocycles. The minimum atomic E-state index is -1.06. The number of aromatic nitrogens is 2. The molecule has 2 N–H and O–H groups in total. The van der Waals surface area contributed by atoms with E-state index in [0.29, 0.717) is 25.1 Å². The number of piperazine rings is 1. The van der Waals surface area contributed by atoms with Crippen LogP contribution in [0.5, 0.6) is 11.5 Å². The van der Waals surface area contributed by atoms with Crippen molar-refractivity contribution in [1.29, 1.82) is 0 Å². The molecule has 3 heterocycles. The summed E-state index contributed by atoms with van der Waals surface area (Å²) in [6, 6.07) is 15.7. The van der Waals surface area contributed by atoms with E-state index in [4.69, 9.17) is 19.9 Å². The fourth-order valence-electron chi connectivity index (χ4n) is 6.12. The summed E-state index contributed by atoms with van der Waals surface area (Å²) in [5.41, 5.74) is 7.48. The van der Waals surface area contributed by atoms with Gasteiger partial charge in [-0.1, -0.05) is 42.5 Å². The summed E-state index contributed by atoms with van der Waals surface area (Å²) < 4.78 is 44.8. The number of hydrogen-bond donors (Lipinski definition) is 1. The van der Waals surface area contributed by atoms with Crippen molar-refractivity contribution in [3.8, 4) is 11.5 Å². The van der Waals surface area contributed by atoms with Crippen molar-refractivity contribution in [1.82, 2.24) is 19.8 Å². The maximum atomic E-state index is 15.3. The Morgan fingerprint density at radius 2 is 1.71 bits per heavy atom. The predicted octanol–water partition coefficient (Wildman–Crippen LogP) is 3.92. The number of fused-ring (bicyclic) bond motifs is 1. The van der Waals surface area contributed by atoms with Gasteiger partial charge in [-0.3, -0.25) is 9.59 Å². The first kappa shape index (κ1) is 32.4. The van der Waals surface area contributed by atoms with Crippen molar-refractivity contribution < 1.29 is 37.4 Å². The third-order valence-electron chi connectivity index (χ3n) is 8.67. The fraction of sp³-hybridized carbons (Fsp3) is 0.324. The van der Waals surface area contributed by atoms with Crippen molar-refractivity contribution >= 4 is 40.6 Å². The molecular weight excluding hydrogens is 626 g/mol. The number of methoxy groups -OCH3 is 2. The van der Waals surface area contributed by atoms with Crippen LogP contribution in [0.3, 0.4) is 0 Å². The van der Waals surface area contributed by atoms with Gasteiger partial charge in [-0.15, -0.1) is 0 Å². The second kappa shape index (κ2) is 13.7. The number of nitrogens with zero attached hydrogens (tertiary/aromatic N) is 5. The summed E-state index contributed by atoms with van der Waals surface area (Å²) in [5, 5.41) is 0.270. The van der Waals surface area contributed by atoms with Gasteiger partial charge in [0.15, 0.2) is 17.3 Å². The van der Waals surface area contributed by atoms with Crippen LogP contribution in [-0.2, 0) is 20.7 Å². The molecule has 1 aromatic heterocycles. The van der Waals surface area contributed by atoms with Crippen LogP contribution in [0.2, 0.25) is 0 Å². The summed E-state index contributed by atoms with van der Waals surface area (Å²) in [6.45, 7) is 1.14. The van der Waals surface area contributed by atoms with E-state index in [2.05, 4.69) is 9.97 Å². The van der Waals surface area contributed by atoms with Gasteiger partial charge >= 0.3 is 6.09 Å². The number of benzene rings is 3. The summed E-state index contributed by atoms with van der Waals surface area (Å²) in [5.74, 6) is -2.92. The first-order valence-corrected chi connectivity index (χ1v) is 15.4. The number of imide groups is 1. The zero-order valence-corrected chi connectivity index (χ0v) is 26.4. The molecule has 2 atom stereocenters. The number of rotatable bonds is 9. The van der Waals surface area contributed by atoms with Gasteiger partial charge in [0, 0.05) is 38.0 Å². The SMILES string of the molecule is COc1cc2c(N)nc(N3CCN(C(=O)C[C@@H](C(=O)N4C(=O)OC[C@H]4Cc4ccccc4)c4ccc(F)cc4)CC3)nc2c(F)c1OC. The van der Waals surface area contributed by atoms with Crippen LogP contribution in [0.4, 0.5) is 25.3 Å². The highest BCUT2D eigenvalue weighted by atomic mass is 19.1. The van der Waals surface area contributed by atoms with Gasteiger partial charge in [-0.25, -0.2) is 23.5 Å². The molecule has 0 spiro atoms.